The molecular formula is C30H23N3O2S2. The molecule has 0 aliphatic carbocycles. The van der Waals surface area contributed by atoms with Crippen molar-refractivity contribution in [3.05, 3.63) is 90.8 Å². The Balaban J connectivity index is 1.45. The van der Waals surface area contributed by atoms with Crippen LogP contribution in [0.25, 0.3) is 48.6 Å². The second kappa shape index (κ2) is 7.60. The largest absolute Gasteiger partial charge is 0.293 e. The van der Waals surface area contributed by atoms with Crippen LogP contribution >= 0.6 is 11.3 Å². The number of fused-ring (bicyclic) bond motifs is 3. The molecule has 2 aromatic heterocycles. The maximum absolute atomic E-state index is 13.6. The SMILES string of the molecule is CC(C)(C)c1nc2c(-c3ccc(-c4nc5ccccc5s4)cc3)ccc3c2n1-c1ccccc1S3(=O)=O. The van der Waals surface area contributed by atoms with Crippen molar-refractivity contribution in [2.45, 2.75) is 36.0 Å². The van der Waals surface area contributed by atoms with Crippen LogP contribution in [0.15, 0.2) is 94.7 Å². The standard InChI is InChI=1S/C30H23N3O2S2/c1-30(2,3)29-32-26-20(16-17-25-27(26)33(29)22-9-5-7-11-24(22)37(25,34)35)18-12-14-19(15-13-18)28-31-21-8-4-6-10-23(21)36-28/h4-17H,1-3H3. The van der Waals surface area contributed by atoms with Crippen molar-refractivity contribution < 1.29 is 8.42 Å². The van der Waals surface area contributed by atoms with E-state index in [0.717, 1.165) is 37.7 Å². The summed E-state index contributed by atoms with van der Waals surface area (Å²) >= 11 is 1.67. The molecule has 0 spiro atoms. The number of hydrogen-bond acceptors (Lipinski definition) is 5. The smallest absolute Gasteiger partial charge is 0.210 e. The average Bonchev–Trinajstić information content (AvgIpc) is 3.50. The third-order valence-corrected chi connectivity index (χ3v) is 9.78. The third kappa shape index (κ3) is 3.24. The number of hydrogen-bond donors (Lipinski definition) is 0. The van der Waals surface area contributed by atoms with Crippen LogP contribution in [0.5, 0.6) is 0 Å². The molecule has 4 aromatic carbocycles. The molecule has 6 aromatic rings. The maximum atomic E-state index is 13.6. The van der Waals surface area contributed by atoms with Gasteiger partial charge in [-0.1, -0.05) is 75.4 Å². The third-order valence-electron chi connectivity index (χ3n) is 6.86. The van der Waals surface area contributed by atoms with Crippen molar-refractivity contribution in [1.29, 1.82) is 0 Å². The number of thiazole rings is 1. The van der Waals surface area contributed by atoms with Gasteiger partial charge in [-0.05, 0) is 35.9 Å². The van der Waals surface area contributed by atoms with Gasteiger partial charge < -0.3 is 0 Å². The first-order valence-corrected chi connectivity index (χ1v) is 14.4. The zero-order valence-corrected chi connectivity index (χ0v) is 22.2. The Morgan fingerprint density at radius 2 is 1.46 bits per heavy atom. The lowest BCUT2D eigenvalue weighted by molar-refractivity contribution is 0.535. The summed E-state index contributed by atoms with van der Waals surface area (Å²) in [7, 11) is -3.66. The minimum atomic E-state index is -3.66. The van der Waals surface area contributed by atoms with Gasteiger partial charge in [-0.15, -0.1) is 11.3 Å². The number of sulfone groups is 1. The van der Waals surface area contributed by atoms with Crippen molar-refractivity contribution in [2.24, 2.45) is 0 Å². The fourth-order valence-corrected chi connectivity index (χ4v) is 7.71. The van der Waals surface area contributed by atoms with E-state index in [1.165, 1.54) is 0 Å². The topological polar surface area (TPSA) is 64.8 Å². The molecule has 7 rings (SSSR count). The van der Waals surface area contributed by atoms with Gasteiger partial charge in [-0.3, -0.25) is 4.57 Å². The molecule has 0 bridgehead atoms. The van der Waals surface area contributed by atoms with Crippen LogP contribution in [0.2, 0.25) is 0 Å². The van der Waals surface area contributed by atoms with Crippen LogP contribution in [0, 0.1) is 0 Å². The summed E-state index contributed by atoms with van der Waals surface area (Å²) in [6, 6.07) is 27.3. The normalized spacial score (nSPS) is 14.2. The highest BCUT2D eigenvalue weighted by atomic mass is 32.2. The first-order chi connectivity index (χ1) is 17.7. The molecule has 0 radical (unpaired) electrons. The predicted molar refractivity (Wildman–Crippen MR) is 149 cm³/mol. The van der Waals surface area contributed by atoms with Gasteiger partial charge in [0.1, 0.15) is 10.8 Å². The lowest BCUT2D eigenvalue weighted by atomic mass is 9.95. The van der Waals surface area contributed by atoms with Crippen molar-refractivity contribution in [3.63, 3.8) is 0 Å². The van der Waals surface area contributed by atoms with E-state index in [2.05, 4.69) is 51.1 Å². The van der Waals surface area contributed by atoms with Crippen molar-refractivity contribution in [1.82, 2.24) is 14.5 Å². The Bertz CT molecular complexity index is 1940. The number of nitrogens with zero attached hydrogens (tertiary/aromatic N) is 3. The second-order valence-corrected chi connectivity index (χ2v) is 13.3. The molecular weight excluding hydrogens is 498 g/mol. The van der Waals surface area contributed by atoms with E-state index in [1.807, 2.05) is 41.0 Å². The van der Waals surface area contributed by atoms with Gasteiger partial charge in [0.25, 0.3) is 0 Å². The van der Waals surface area contributed by atoms with Crippen LogP contribution in [-0.2, 0) is 15.3 Å². The highest BCUT2D eigenvalue weighted by molar-refractivity contribution is 7.92. The minimum absolute atomic E-state index is 0.293. The summed E-state index contributed by atoms with van der Waals surface area (Å²) < 4.78 is 30.4. The number of rotatable bonds is 2. The van der Waals surface area contributed by atoms with Crippen molar-refractivity contribution in [3.8, 4) is 27.4 Å². The Labute approximate surface area is 219 Å². The molecule has 0 fully saturated rings. The number of benzene rings is 4. The molecule has 0 atom stereocenters. The van der Waals surface area contributed by atoms with Gasteiger partial charge in [0.2, 0.25) is 9.84 Å². The Morgan fingerprint density at radius 1 is 0.757 bits per heavy atom. The van der Waals surface area contributed by atoms with Gasteiger partial charge >= 0.3 is 0 Å². The molecule has 0 N–H and O–H groups in total. The van der Waals surface area contributed by atoms with Crippen LogP contribution < -0.4 is 0 Å². The zero-order chi connectivity index (χ0) is 25.5. The van der Waals surface area contributed by atoms with E-state index < -0.39 is 9.84 Å². The van der Waals surface area contributed by atoms with Crippen LogP contribution in [0.4, 0.5) is 0 Å². The van der Waals surface area contributed by atoms with E-state index in [1.54, 1.807) is 29.5 Å². The molecule has 0 unspecified atom stereocenters. The van der Waals surface area contributed by atoms with E-state index >= 15 is 0 Å². The van der Waals surface area contributed by atoms with Crippen molar-refractivity contribution >= 4 is 42.4 Å². The van der Waals surface area contributed by atoms with Gasteiger partial charge in [0.05, 0.1) is 36.7 Å². The molecule has 37 heavy (non-hydrogen) atoms. The Hall–Kier alpha value is -3.81. The lowest BCUT2D eigenvalue weighted by Gasteiger charge is -2.25. The average molecular weight is 522 g/mol. The van der Waals surface area contributed by atoms with E-state index in [9.17, 15) is 8.42 Å². The van der Waals surface area contributed by atoms with E-state index in [4.69, 9.17) is 9.97 Å². The van der Waals surface area contributed by atoms with Crippen LogP contribution in [-0.4, -0.2) is 23.0 Å². The van der Waals surface area contributed by atoms with Gasteiger partial charge in [0, 0.05) is 16.5 Å². The predicted octanol–water partition coefficient (Wildman–Crippen LogP) is 7.41. The molecule has 0 saturated heterocycles. The van der Waals surface area contributed by atoms with Crippen LogP contribution in [0.3, 0.4) is 0 Å². The van der Waals surface area contributed by atoms with Gasteiger partial charge in [0.15, 0.2) is 0 Å². The maximum Gasteiger partial charge on any atom is 0.210 e. The summed E-state index contributed by atoms with van der Waals surface area (Å²) in [5.41, 5.74) is 5.66. The summed E-state index contributed by atoms with van der Waals surface area (Å²) in [6.45, 7) is 6.32. The highest BCUT2D eigenvalue weighted by Crippen LogP contribution is 2.44. The fraction of sp³-hybridized carbons (Fsp3) is 0.133. The molecule has 1 aliphatic heterocycles. The monoisotopic (exact) mass is 521 g/mol. The summed E-state index contributed by atoms with van der Waals surface area (Å²) in [6.07, 6.45) is 0. The summed E-state index contributed by atoms with van der Waals surface area (Å²) in [5.74, 6) is 0.838. The first-order valence-electron chi connectivity index (χ1n) is 12.1. The minimum Gasteiger partial charge on any atom is -0.293 e. The first kappa shape index (κ1) is 22.4. The Kier molecular flexibility index (Phi) is 4.60. The highest BCUT2D eigenvalue weighted by Gasteiger charge is 2.36. The van der Waals surface area contributed by atoms with Gasteiger partial charge in [-0.25, -0.2) is 18.4 Å². The quantitative estimate of drug-likeness (QED) is 0.238. The molecule has 7 heteroatoms. The number of para-hydroxylation sites is 2. The summed E-state index contributed by atoms with van der Waals surface area (Å²) in [4.78, 5) is 10.5. The molecule has 0 amide bonds. The van der Waals surface area contributed by atoms with Gasteiger partial charge in [-0.2, -0.15) is 0 Å². The molecule has 182 valence electrons. The molecule has 5 nitrogen and oxygen atoms in total. The fourth-order valence-electron chi connectivity index (χ4n) is 5.12. The molecule has 1 aliphatic rings. The zero-order valence-electron chi connectivity index (χ0n) is 20.6. The van der Waals surface area contributed by atoms with Crippen LogP contribution in [0.1, 0.15) is 26.6 Å². The van der Waals surface area contributed by atoms with Crippen molar-refractivity contribution in [2.75, 3.05) is 0 Å². The van der Waals surface area contributed by atoms with E-state index in [0.29, 0.717) is 26.5 Å². The number of imidazole rings is 1. The van der Waals surface area contributed by atoms with E-state index in [-0.39, 0.29) is 5.41 Å². The lowest BCUT2D eigenvalue weighted by Crippen LogP contribution is -2.22. The summed E-state index contributed by atoms with van der Waals surface area (Å²) in [5, 5.41) is 0.977. The Morgan fingerprint density at radius 3 is 2.22 bits per heavy atom. The molecule has 0 saturated carbocycles. The molecule has 3 heterocycles. The second-order valence-electron chi connectivity index (χ2n) is 10.4. The number of aromatic nitrogens is 3.